The summed E-state index contributed by atoms with van der Waals surface area (Å²) in [4.78, 5) is 15.5. The van der Waals surface area contributed by atoms with Gasteiger partial charge in [-0.2, -0.15) is 0 Å². The largest absolute Gasteiger partial charge is 0.486 e. The molecule has 16 heavy (non-hydrogen) atoms. The van der Waals surface area contributed by atoms with Crippen LogP contribution in [0.3, 0.4) is 0 Å². The molecule has 0 spiro atoms. The van der Waals surface area contributed by atoms with Gasteiger partial charge in [0.05, 0.1) is 0 Å². The summed E-state index contributed by atoms with van der Waals surface area (Å²) in [6.45, 7) is 2.05. The Kier molecular flexibility index (Phi) is 3.26. The van der Waals surface area contributed by atoms with Gasteiger partial charge in [-0.3, -0.25) is 9.63 Å². The summed E-state index contributed by atoms with van der Waals surface area (Å²) in [5.74, 6) is 1.19. The lowest BCUT2D eigenvalue weighted by atomic mass is 10.3. The van der Waals surface area contributed by atoms with E-state index in [9.17, 15) is 4.79 Å². The molecule has 0 fully saturated rings. The maximum Gasteiger partial charge on any atom is 0.240 e. The molecule has 86 valence electrons. The van der Waals surface area contributed by atoms with Gasteiger partial charge in [-0.25, -0.2) is 5.48 Å². The maximum atomic E-state index is 10.6. The molecular weight excluding hydrogens is 210 g/mol. The number of fused-ring (bicyclic) bond motifs is 1. The molecule has 2 rings (SSSR count). The summed E-state index contributed by atoms with van der Waals surface area (Å²) in [7, 11) is 0. The van der Waals surface area contributed by atoms with Crippen LogP contribution in [-0.4, -0.2) is 25.2 Å². The molecule has 1 heterocycles. The minimum Gasteiger partial charge on any atom is -0.486 e. The van der Waals surface area contributed by atoms with Crippen LogP contribution in [0.2, 0.25) is 0 Å². The van der Waals surface area contributed by atoms with Crippen LogP contribution in [0.5, 0.6) is 11.5 Å². The molecule has 1 amide bonds. The molecule has 0 saturated carbocycles. The number of hydroxylamine groups is 1. The zero-order valence-electron chi connectivity index (χ0n) is 8.93. The first-order valence-corrected chi connectivity index (χ1v) is 5.02. The quantitative estimate of drug-likeness (QED) is 0.773. The van der Waals surface area contributed by atoms with Crippen LogP contribution in [0.15, 0.2) is 24.3 Å². The molecule has 0 bridgehead atoms. The molecule has 5 heteroatoms. The van der Waals surface area contributed by atoms with Crippen molar-refractivity contribution >= 4 is 5.91 Å². The third kappa shape index (κ3) is 2.64. The van der Waals surface area contributed by atoms with Gasteiger partial charge in [-0.05, 0) is 12.1 Å². The Morgan fingerprint density at radius 3 is 3.00 bits per heavy atom. The molecule has 0 aliphatic carbocycles. The topological polar surface area (TPSA) is 56.8 Å². The van der Waals surface area contributed by atoms with Gasteiger partial charge in [0.1, 0.15) is 13.2 Å². The van der Waals surface area contributed by atoms with Crippen molar-refractivity contribution < 1.29 is 19.1 Å². The molecule has 0 radical (unpaired) electrons. The van der Waals surface area contributed by atoms with Gasteiger partial charge < -0.3 is 9.47 Å². The van der Waals surface area contributed by atoms with Crippen molar-refractivity contribution in [2.45, 2.75) is 13.0 Å². The number of rotatable bonds is 3. The molecule has 1 aliphatic rings. The number of ether oxygens (including phenoxy) is 2. The number of nitrogens with one attached hydrogen (secondary N) is 1. The smallest absolute Gasteiger partial charge is 0.240 e. The summed E-state index contributed by atoms with van der Waals surface area (Å²) in [6, 6.07) is 7.44. The van der Waals surface area contributed by atoms with E-state index in [1.807, 2.05) is 24.3 Å². The zero-order chi connectivity index (χ0) is 11.4. The number of hydrogen-bond donors (Lipinski definition) is 1. The summed E-state index contributed by atoms with van der Waals surface area (Å²) in [6.07, 6.45) is -0.207. The highest BCUT2D eigenvalue weighted by atomic mass is 16.7. The van der Waals surface area contributed by atoms with Crippen LogP contribution in [0.1, 0.15) is 6.92 Å². The highest BCUT2D eigenvalue weighted by Gasteiger charge is 2.20. The molecule has 1 aliphatic heterocycles. The molecule has 0 aromatic heterocycles. The van der Waals surface area contributed by atoms with Gasteiger partial charge in [0.15, 0.2) is 17.6 Å². The molecule has 1 aromatic carbocycles. The molecule has 1 unspecified atom stereocenters. The van der Waals surface area contributed by atoms with Crippen molar-refractivity contribution in [2.24, 2.45) is 0 Å². The SMILES string of the molecule is CC(=O)NOCC1COc2ccccc2O1. The first kappa shape index (κ1) is 10.8. The van der Waals surface area contributed by atoms with Crippen molar-refractivity contribution in [1.82, 2.24) is 5.48 Å². The van der Waals surface area contributed by atoms with Gasteiger partial charge in [-0.1, -0.05) is 12.1 Å². The van der Waals surface area contributed by atoms with Crippen LogP contribution in [0.25, 0.3) is 0 Å². The van der Waals surface area contributed by atoms with Gasteiger partial charge in [0, 0.05) is 6.92 Å². The molecule has 1 aromatic rings. The Morgan fingerprint density at radius 1 is 1.50 bits per heavy atom. The zero-order valence-corrected chi connectivity index (χ0v) is 8.93. The fourth-order valence-electron chi connectivity index (χ4n) is 1.38. The van der Waals surface area contributed by atoms with E-state index in [0.29, 0.717) is 12.4 Å². The van der Waals surface area contributed by atoms with Gasteiger partial charge in [-0.15, -0.1) is 0 Å². The molecule has 1 atom stereocenters. The Morgan fingerprint density at radius 2 is 2.25 bits per heavy atom. The summed E-state index contributed by atoms with van der Waals surface area (Å²) < 4.78 is 11.1. The van der Waals surface area contributed by atoms with Crippen molar-refractivity contribution in [3.05, 3.63) is 24.3 Å². The lowest BCUT2D eigenvalue weighted by Gasteiger charge is -2.25. The molecule has 5 nitrogen and oxygen atoms in total. The minimum atomic E-state index is -0.239. The lowest BCUT2D eigenvalue weighted by molar-refractivity contribution is -0.134. The predicted molar refractivity (Wildman–Crippen MR) is 56.1 cm³/mol. The monoisotopic (exact) mass is 223 g/mol. The van der Waals surface area contributed by atoms with Crippen LogP contribution < -0.4 is 15.0 Å². The van der Waals surface area contributed by atoms with Gasteiger partial charge >= 0.3 is 0 Å². The number of carbonyl (C=O) groups is 1. The van der Waals surface area contributed by atoms with E-state index in [1.165, 1.54) is 6.92 Å². The third-order valence-corrected chi connectivity index (χ3v) is 2.05. The average molecular weight is 223 g/mol. The second-order valence-corrected chi connectivity index (χ2v) is 3.47. The molecular formula is C11H13NO4. The fourth-order valence-corrected chi connectivity index (χ4v) is 1.38. The van der Waals surface area contributed by atoms with Gasteiger partial charge in [0.25, 0.3) is 0 Å². The maximum absolute atomic E-state index is 10.6. The van der Waals surface area contributed by atoms with E-state index in [2.05, 4.69) is 5.48 Å². The van der Waals surface area contributed by atoms with Crippen LogP contribution in [-0.2, 0) is 9.63 Å². The van der Waals surface area contributed by atoms with Crippen molar-refractivity contribution in [3.8, 4) is 11.5 Å². The van der Waals surface area contributed by atoms with E-state index in [4.69, 9.17) is 14.3 Å². The highest BCUT2D eigenvalue weighted by molar-refractivity contribution is 5.71. The fraction of sp³-hybridized carbons (Fsp3) is 0.364. The Labute approximate surface area is 93.3 Å². The van der Waals surface area contributed by atoms with Crippen LogP contribution in [0, 0.1) is 0 Å². The predicted octanol–water partition coefficient (Wildman–Crippen LogP) is 0.894. The number of amides is 1. The molecule has 1 N–H and O–H groups in total. The lowest BCUT2D eigenvalue weighted by Crippen LogP contribution is -2.36. The van der Waals surface area contributed by atoms with Crippen molar-refractivity contribution in [3.63, 3.8) is 0 Å². The van der Waals surface area contributed by atoms with E-state index in [-0.39, 0.29) is 18.6 Å². The summed E-state index contributed by atoms with van der Waals surface area (Å²) in [5, 5.41) is 0. The second-order valence-electron chi connectivity index (χ2n) is 3.47. The number of benzene rings is 1. The van der Waals surface area contributed by atoms with Crippen molar-refractivity contribution in [2.75, 3.05) is 13.2 Å². The number of para-hydroxylation sites is 2. The average Bonchev–Trinajstić information content (AvgIpc) is 2.28. The van der Waals surface area contributed by atoms with Crippen molar-refractivity contribution in [1.29, 1.82) is 0 Å². The van der Waals surface area contributed by atoms with Crippen LogP contribution in [0.4, 0.5) is 0 Å². The summed E-state index contributed by atoms with van der Waals surface area (Å²) >= 11 is 0. The van der Waals surface area contributed by atoms with E-state index in [1.54, 1.807) is 0 Å². The second kappa shape index (κ2) is 4.85. The minimum absolute atomic E-state index is 0.207. The van der Waals surface area contributed by atoms with E-state index in [0.717, 1.165) is 5.75 Å². The Balaban J connectivity index is 1.86. The first-order valence-electron chi connectivity index (χ1n) is 5.02. The Bertz CT molecular complexity index is 380. The number of hydrogen-bond acceptors (Lipinski definition) is 4. The normalized spacial score (nSPS) is 17.9. The molecule has 0 saturated heterocycles. The first-order chi connectivity index (χ1) is 7.75. The van der Waals surface area contributed by atoms with Crippen LogP contribution >= 0.6 is 0 Å². The van der Waals surface area contributed by atoms with Gasteiger partial charge in [0.2, 0.25) is 5.91 Å². The number of carbonyl (C=O) groups excluding carboxylic acids is 1. The van der Waals surface area contributed by atoms with E-state index < -0.39 is 0 Å². The Hall–Kier alpha value is -1.75. The highest BCUT2D eigenvalue weighted by Crippen LogP contribution is 2.30. The standard InChI is InChI=1S/C11H13NO4/c1-8(13)12-15-7-9-6-14-10-4-2-3-5-11(10)16-9/h2-5,9H,6-7H2,1H3,(H,12,13). The van der Waals surface area contributed by atoms with E-state index >= 15 is 0 Å². The third-order valence-electron chi connectivity index (χ3n) is 2.05. The summed E-state index contributed by atoms with van der Waals surface area (Å²) in [5.41, 5.74) is 2.24.